The van der Waals surface area contributed by atoms with E-state index in [0.717, 1.165) is 38.5 Å². The van der Waals surface area contributed by atoms with Gasteiger partial charge in [0.15, 0.2) is 0 Å². The molecule has 22 heavy (non-hydrogen) atoms. The summed E-state index contributed by atoms with van der Waals surface area (Å²) in [7, 11) is 0. The normalized spacial score (nSPS) is 20.9. The summed E-state index contributed by atoms with van der Waals surface area (Å²) < 4.78 is 5.68. The van der Waals surface area contributed by atoms with Gasteiger partial charge in [-0.1, -0.05) is 12.1 Å². The third-order valence-electron chi connectivity index (χ3n) is 3.95. The lowest BCUT2D eigenvalue weighted by atomic mass is 10.1. The number of nitrogens with one attached hydrogen (secondary N) is 1. The second-order valence-corrected chi connectivity index (χ2v) is 6.64. The van der Waals surface area contributed by atoms with Crippen molar-refractivity contribution < 1.29 is 4.74 Å². The Labute approximate surface area is 136 Å². The maximum atomic E-state index is 5.68. The van der Waals surface area contributed by atoms with Crippen LogP contribution in [0.2, 0.25) is 0 Å². The van der Waals surface area contributed by atoms with Gasteiger partial charge in [-0.25, -0.2) is 0 Å². The molecule has 2 aromatic heterocycles. The quantitative estimate of drug-likeness (QED) is 0.889. The van der Waals surface area contributed by atoms with Crippen molar-refractivity contribution in [1.29, 1.82) is 0 Å². The fourth-order valence-electron chi connectivity index (χ4n) is 2.86. The van der Waals surface area contributed by atoms with Crippen LogP contribution in [0.4, 0.5) is 0 Å². The van der Waals surface area contributed by atoms with Crippen LogP contribution in [0.5, 0.6) is 0 Å². The zero-order chi connectivity index (χ0) is 15.2. The number of thiophene rings is 1. The van der Waals surface area contributed by atoms with Crippen LogP contribution in [0.3, 0.4) is 0 Å². The van der Waals surface area contributed by atoms with Gasteiger partial charge < -0.3 is 10.1 Å². The molecule has 1 aliphatic rings. The van der Waals surface area contributed by atoms with Crippen molar-refractivity contribution in [2.75, 3.05) is 26.2 Å². The zero-order valence-electron chi connectivity index (χ0n) is 12.9. The van der Waals surface area contributed by atoms with Gasteiger partial charge in [0, 0.05) is 37.3 Å². The number of rotatable bonds is 6. The van der Waals surface area contributed by atoms with Crippen molar-refractivity contribution in [3.63, 3.8) is 0 Å². The summed E-state index contributed by atoms with van der Waals surface area (Å²) in [5, 5.41) is 5.72. The van der Waals surface area contributed by atoms with Crippen molar-refractivity contribution in [2.24, 2.45) is 0 Å². The van der Waals surface area contributed by atoms with Gasteiger partial charge in [0.25, 0.3) is 0 Å². The topological polar surface area (TPSA) is 37.4 Å². The van der Waals surface area contributed by atoms with Gasteiger partial charge in [-0.15, -0.1) is 11.3 Å². The second-order valence-electron chi connectivity index (χ2n) is 5.66. The standard InChI is InChI=1S/C17H23N3OS/c1-14-13-20(8-9-21-14)16(17-6-4-10-22-17)12-18-11-15-5-2-3-7-19-15/h2-7,10,14,16,18H,8-9,11-13H2,1H3/t14-,16+/m0/s1. The van der Waals surface area contributed by atoms with Gasteiger partial charge in [-0.05, 0) is 30.5 Å². The predicted octanol–water partition coefficient (Wildman–Crippen LogP) is 2.69. The van der Waals surface area contributed by atoms with Crippen LogP contribution >= 0.6 is 11.3 Å². The molecule has 0 aromatic carbocycles. The number of morpholine rings is 1. The van der Waals surface area contributed by atoms with Crippen LogP contribution in [0.1, 0.15) is 23.5 Å². The van der Waals surface area contributed by atoms with E-state index in [1.54, 1.807) is 0 Å². The molecule has 2 aromatic rings. The lowest BCUT2D eigenvalue weighted by Gasteiger charge is -2.37. The third-order valence-corrected chi connectivity index (χ3v) is 4.93. The molecule has 1 N–H and O–H groups in total. The van der Waals surface area contributed by atoms with E-state index in [9.17, 15) is 0 Å². The van der Waals surface area contributed by atoms with E-state index in [2.05, 4.69) is 45.7 Å². The molecule has 0 bridgehead atoms. The highest BCUT2D eigenvalue weighted by Crippen LogP contribution is 2.26. The van der Waals surface area contributed by atoms with E-state index in [-0.39, 0.29) is 0 Å². The van der Waals surface area contributed by atoms with Gasteiger partial charge in [0.2, 0.25) is 0 Å². The van der Waals surface area contributed by atoms with Gasteiger partial charge in [-0.2, -0.15) is 0 Å². The largest absolute Gasteiger partial charge is 0.376 e. The second kappa shape index (κ2) is 7.83. The molecule has 0 saturated carbocycles. The van der Waals surface area contributed by atoms with E-state index in [1.807, 2.05) is 29.7 Å². The van der Waals surface area contributed by atoms with E-state index >= 15 is 0 Å². The number of aromatic nitrogens is 1. The first-order chi connectivity index (χ1) is 10.8. The highest BCUT2D eigenvalue weighted by molar-refractivity contribution is 7.10. The van der Waals surface area contributed by atoms with Crippen LogP contribution in [0.25, 0.3) is 0 Å². The van der Waals surface area contributed by atoms with Crippen molar-refractivity contribution in [2.45, 2.75) is 25.6 Å². The molecule has 0 amide bonds. The molecule has 0 unspecified atom stereocenters. The number of hydrogen-bond donors (Lipinski definition) is 1. The van der Waals surface area contributed by atoms with E-state index < -0.39 is 0 Å². The van der Waals surface area contributed by atoms with Crippen LogP contribution in [0.15, 0.2) is 41.9 Å². The Balaban J connectivity index is 1.61. The van der Waals surface area contributed by atoms with Crippen LogP contribution < -0.4 is 5.32 Å². The molecule has 2 atom stereocenters. The number of pyridine rings is 1. The molecule has 5 heteroatoms. The van der Waals surface area contributed by atoms with Crippen LogP contribution in [-0.2, 0) is 11.3 Å². The third kappa shape index (κ3) is 4.14. The van der Waals surface area contributed by atoms with Crippen LogP contribution in [-0.4, -0.2) is 42.2 Å². The summed E-state index contributed by atoms with van der Waals surface area (Å²) in [6.45, 7) is 6.71. The Kier molecular flexibility index (Phi) is 5.56. The summed E-state index contributed by atoms with van der Waals surface area (Å²) in [6, 6.07) is 10.8. The minimum absolute atomic E-state index is 0.312. The summed E-state index contributed by atoms with van der Waals surface area (Å²) in [4.78, 5) is 8.32. The molecular weight excluding hydrogens is 294 g/mol. The Morgan fingerprint density at radius 3 is 3.09 bits per heavy atom. The van der Waals surface area contributed by atoms with Gasteiger partial charge in [0.05, 0.1) is 24.4 Å². The number of nitrogens with zero attached hydrogens (tertiary/aromatic N) is 2. The lowest BCUT2D eigenvalue weighted by molar-refractivity contribution is -0.0339. The fraction of sp³-hybridized carbons (Fsp3) is 0.471. The summed E-state index contributed by atoms with van der Waals surface area (Å²) in [6.07, 6.45) is 2.16. The maximum absolute atomic E-state index is 5.68. The summed E-state index contributed by atoms with van der Waals surface area (Å²) >= 11 is 1.83. The smallest absolute Gasteiger partial charge is 0.0674 e. The first kappa shape index (κ1) is 15.6. The van der Waals surface area contributed by atoms with Crippen LogP contribution in [0, 0.1) is 0 Å². The highest BCUT2D eigenvalue weighted by Gasteiger charge is 2.25. The van der Waals surface area contributed by atoms with Gasteiger partial charge in [0.1, 0.15) is 0 Å². The Morgan fingerprint density at radius 1 is 1.41 bits per heavy atom. The molecule has 1 saturated heterocycles. The molecule has 1 fully saturated rings. The molecular formula is C17H23N3OS. The van der Waals surface area contributed by atoms with E-state index in [1.165, 1.54) is 4.88 Å². The minimum Gasteiger partial charge on any atom is -0.376 e. The van der Waals surface area contributed by atoms with E-state index in [0.29, 0.717) is 12.1 Å². The molecule has 3 heterocycles. The fourth-order valence-corrected chi connectivity index (χ4v) is 3.72. The Morgan fingerprint density at radius 2 is 2.36 bits per heavy atom. The van der Waals surface area contributed by atoms with Gasteiger partial charge >= 0.3 is 0 Å². The van der Waals surface area contributed by atoms with Crippen molar-refractivity contribution in [1.82, 2.24) is 15.2 Å². The monoisotopic (exact) mass is 317 g/mol. The summed E-state index contributed by atoms with van der Waals surface area (Å²) in [5.74, 6) is 0. The molecule has 0 radical (unpaired) electrons. The molecule has 4 nitrogen and oxygen atoms in total. The minimum atomic E-state index is 0.312. The number of ether oxygens (including phenoxy) is 1. The summed E-state index contributed by atoms with van der Waals surface area (Å²) in [5.41, 5.74) is 1.09. The highest BCUT2D eigenvalue weighted by atomic mass is 32.1. The SMILES string of the molecule is C[C@H]1CN([C@H](CNCc2ccccn2)c2cccs2)CCO1. The molecule has 118 valence electrons. The molecule has 3 rings (SSSR count). The first-order valence-electron chi connectivity index (χ1n) is 7.82. The zero-order valence-corrected chi connectivity index (χ0v) is 13.8. The maximum Gasteiger partial charge on any atom is 0.0674 e. The van der Waals surface area contributed by atoms with Crippen molar-refractivity contribution in [3.8, 4) is 0 Å². The molecule has 0 spiro atoms. The van der Waals surface area contributed by atoms with E-state index in [4.69, 9.17) is 4.74 Å². The average molecular weight is 317 g/mol. The molecule has 1 aliphatic heterocycles. The Bertz CT molecular complexity index is 546. The Hall–Kier alpha value is -1.27. The molecule has 0 aliphatic carbocycles. The average Bonchev–Trinajstić information content (AvgIpc) is 3.07. The van der Waals surface area contributed by atoms with Crippen molar-refractivity contribution in [3.05, 3.63) is 52.5 Å². The van der Waals surface area contributed by atoms with Crippen molar-refractivity contribution >= 4 is 11.3 Å². The van der Waals surface area contributed by atoms with Gasteiger partial charge in [-0.3, -0.25) is 9.88 Å². The predicted molar refractivity (Wildman–Crippen MR) is 90.0 cm³/mol. The number of hydrogen-bond acceptors (Lipinski definition) is 5. The first-order valence-corrected chi connectivity index (χ1v) is 8.70. The lowest BCUT2D eigenvalue weighted by Crippen LogP contribution is -2.45.